The molecule has 0 heterocycles. The van der Waals surface area contributed by atoms with E-state index in [4.69, 9.17) is 2.51 Å². The Morgan fingerprint density at radius 3 is 1.41 bits per heavy atom. The molecule has 3 aromatic carbocycles. The zero-order valence-corrected chi connectivity index (χ0v) is 24.3. The minimum atomic E-state index is -3.89. The van der Waals surface area contributed by atoms with Gasteiger partial charge in [-0.15, -0.1) is 0 Å². The zero-order valence-electron chi connectivity index (χ0n) is 21.4. The molecule has 0 fully saturated rings. The van der Waals surface area contributed by atoms with Gasteiger partial charge in [-0.05, 0) is 0 Å². The molecule has 0 radical (unpaired) electrons. The van der Waals surface area contributed by atoms with Crippen molar-refractivity contribution in [3.8, 4) is 0 Å². The van der Waals surface area contributed by atoms with Crippen molar-refractivity contribution < 1.29 is 10.9 Å². The van der Waals surface area contributed by atoms with E-state index < -0.39 is 30.4 Å². The van der Waals surface area contributed by atoms with E-state index in [-0.39, 0.29) is 15.7 Å². The molecule has 0 unspecified atom stereocenters. The van der Waals surface area contributed by atoms with Gasteiger partial charge in [-0.3, -0.25) is 0 Å². The fourth-order valence-corrected chi connectivity index (χ4v) is 10.3. The first-order valence-corrected chi connectivity index (χ1v) is 16.3. The van der Waals surface area contributed by atoms with Crippen molar-refractivity contribution in [1.29, 1.82) is 0 Å². The van der Waals surface area contributed by atoms with Gasteiger partial charge in [0.25, 0.3) is 0 Å². The molecule has 0 aliphatic heterocycles. The molecule has 0 saturated carbocycles. The van der Waals surface area contributed by atoms with Gasteiger partial charge in [-0.2, -0.15) is 0 Å². The molecule has 0 aromatic heterocycles. The molecule has 0 saturated heterocycles. The molecule has 3 rings (SSSR count). The van der Waals surface area contributed by atoms with Gasteiger partial charge in [0.05, 0.1) is 0 Å². The standard InChI is InChI=1S/C29H37IO3S/c1-8-28(4,5)23-12-16-25(17-13-23)30(26-18-14-24(15-19-26)29(6,7)9-2)33-34(31,32)27-20-10-22(3)11-21-27/h10-21H,8-9H2,1-7H3. The van der Waals surface area contributed by atoms with Crippen LogP contribution in [0.3, 0.4) is 0 Å². The number of halogens is 1. The Morgan fingerprint density at radius 2 is 1.06 bits per heavy atom. The monoisotopic (exact) mass is 592 g/mol. The Hall–Kier alpha value is -1.70. The molecule has 0 aliphatic carbocycles. The van der Waals surface area contributed by atoms with Crippen LogP contribution in [0, 0.1) is 14.1 Å². The van der Waals surface area contributed by atoms with Gasteiger partial charge in [0.1, 0.15) is 0 Å². The fourth-order valence-electron chi connectivity index (χ4n) is 3.46. The summed E-state index contributed by atoms with van der Waals surface area (Å²) in [5.41, 5.74) is 3.64. The van der Waals surface area contributed by atoms with E-state index in [0.29, 0.717) is 0 Å². The van der Waals surface area contributed by atoms with Crippen molar-refractivity contribution in [2.45, 2.75) is 77.0 Å². The first-order chi connectivity index (χ1) is 15.9. The second-order valence-corrected chi connectivity index (χ2v) is 16.6. The molecule has 0 N–H and O–H groups in total. The zero-order chi connectivity index (χ0) is 25.1. The number of hydrogen-bond donors (Lipinski definition) is 0. The van der Waals surface area contributed by atoms with Gasteiger partial charge >= 0.3 is 215 Å². The van der Waals surface area contributed by atoms with Crippen molar-refractivity contribution in [2.24, 2.45) is 0 Å². The maximum atomic E-state index is 13.3. The first kappa shape index (κ1) is 26.9. The van der Waals surface area contributed by atoms with Crippen LogP contribution >= 0.6 is 20.2 Å². The fraction of sp³-hybridized carbons (Fsp3) is 0.379. The van der Waals surface area contributed by atoms with E-state index >= 15 is 0 Å². The Kier molecular flexibility index (Phi) is 8.31. The number of aryl methyl sites for hydroxylation is 1. The van der Waals surface area contributed by atoms with Crippen molar-refractivity contribution in [1.82, 2.24) is 0 Å². The maximum absolute atomic E-state index is 13.3. The van der Waals surface area contributed by atoms with E-state index in [1.165, 1.54) is 11.1 Å². The summed E-state index contributed by atoms with van der Waals surface area (Å²) in [6.45, 7) is 15.2. The van der Waals surface area contributed by atoms with Gasteiger partial charge < -0.3 is 0 Å². The minimum absolute atomic E-state index is 0.0692. The van der Waals surface area contributed by atoms with Crippen LogP contribution in [0.4, 0.5) is 0 Å². The van der Waals surface area contributed by atoms with Gasteiger partial charge in [0, 0.05) is 0 Å². The molecule has 3 nitrogen and oxygen atoms in total. The summed E-state index contributed by atoms with van der Waals surface area (Å²) in [6.07, 6.45) is 2.06. The summed E-state index contributed by atoms with van der Waals surface area (Å²) in [6, 6.07) is 23.6. The van der Waals surface area contributed by atoms with Crippen LogP contribution in [0.25, 0.3) is 0 Å². The normalized spacial score (nSPS) is 13.1. The van der Waals surface area contributed by atoms with Crippen LogP contribution in [0.2, 0.25) is 0 Å². The van der Waals surface area contributed by atoms with Gasteiger partial charge in [-0.1, -0.05) is 0 Å². The second kappa shape index (κ2) is 10.5. The second-order valence-electron chi connectivity index (χ2n) is 10.1. The van der Waals surface area contributed by atoms with Crippen LogP contribution < -0.4 is 0 Å². The van der Waals surface area contributed by atoms with Gasteiger partial charge in [0.2, 0.25) is 0 Å². The topological polar surface area (TPSA) is 43.4 Å². The molecule has 3 aromatic rings. The van der Waals surface area contributed by atoms with Gasteiger partial charge in [-0.25, -0.2) is 0 Å². The molecule has 0 bridgehead atoms. The van der Waals surface area contributed by atoms with Crippen LogP contribution in [0.1, 0.15) is 71.1 Å². The SMILES string of the molecule is CCC(C)(C)c1ccc(I(OS(=O)(=O)c2ccc(C)cc2)c2ccc(C(C)(C)CC)cc2)cc1. The van der Waals surface area contributed by atoms with Crippen LogP contribution in [0.15, 0.2) is 77.7 Å². The van der Waals surface area contributed by atoms with Crippen LogP contribution in [0.5, 0.6) is 0 Å². The summed E-state index contributed by atoms with van der Waals surface area (Å²) in [5, 5.41) is 0. The number of hydrogen-bond acceptors (Lipinski definition) is 3. The van der Waals surface area contributed by atoms with Gasteiger partial charge in [0.15, 0.2) is 0 Å². The Morgan fingerprint density at radius 1 is 0.676 bits per heavy atom. The quantitative estimate of drug-likeness (QED) is 0.235. The van der Waals surface area contributed by atoms with E-state index in [0.717, 1.165) is 25.5 Å². The third kappa shape index (κ3) is 6.10. The first-order valence-electron chi connectivity index (χ1n) is 11.8. The van der Waals surface area contributed by atoms with Crippen molar-refractivity contribution in [3.05, 3.63) is 96.6 Å². The molecule has 0 spiro atoms. The number of rotatable bonds is 9. The van der Waals surface area contributed by atoms with Crippen molar-refractivity contribution in [3.63, 3.8) is 0 Å². The summed E-state index contributed by atoms with van der Waals surface area (Å²) >= 11 is -2.74. The molecule has 184 valence electrons. The summed E-state index contributed by atoms with van der Waals surface area (Å²) in [4.78, 5) is 0.202. The Labute approximate surface area is 214 Å². The molecule has 0 atom stereocenters. The average molecular weight is 593 g/mol. The summed E-state index contributed by atoms with van der Waals surface area (Å²) in [7, 11) is -3.89. The summed E-state index contributed by atoms with van der Waals surface area (Å²) in [5.74, 6) is 0. The molecule has 0 amide bonds. The molecular formula is C29H37IO3S. The summed E-state index contributed by atoms with van der Waals surface area (Å²) < 4.78 is 34.5. The van der Waals surface area contributed by atoms with Crippen molar-refractivity contribution in [2.75, 3.05) is 0 Å². The number of benzene rings is 3. The Balaban J connectivity index is 2.04. The van der Waals surface area contributed by atoms with Crippen LogP contribution in [-0.4, -0.2) is 8.42 Å². The third-order valence-corrected chi connectivity index (χ3v) is 14.2. The average Bonchev–Trinajstić information content (AvgIpc) is 2.83. The molecular weight excluding hydrogens is 555 g/mol. The van der Waals surface area contributed by atoms with E-state index in [9.17, 15) is 8.42 Å². The molecule has 0 aliphatic rings. The van der Waals surface area contributed by atoms with Crippen LogP contribution in [-0.2, 0) is 23.5 Å². The van der Waals surface area contributed by atoms with E-state index in [2.05, 4.69) is 90.1 Å². The van der Waals surface area contributed by atoms with E-state index in [1.807, 2.05) is 6.92 Å². The molecule has 34 heavy (non-hydrogen) atoms. The Bertz CT molecular complexity index is 1130. The third-order valence-electron chi connectivity index (χ3n) is 6.87. The van der Waals surface area contributed by atoms with Crippen molar-refractivity contribution >= 4 is 30.4 Å². The predicted octanol–water partition coefficient (Wildman–Crippen LogP) is 8.24. The molecule has 5 heteroatoms. The predicted molar refractivity (Wildman–Crippen MR) is 150 cm³/mol. The van der Waals surface area contributed by atoms with E-state index in [1.54, 1.807) is 24.3 Å².